The van der Waals surface area contributed by atoms with E-state index >= 15 is 0 Å². The summed E-state index contributed by atoms with van der Waals surface area (Å²) in [6, 6.07) is 10.4. The molecule has 7 heteroatoms. The maximum Gasteiger partial charge on any atom is 0.261 e. The minimum atomic E-state index is -0.654. The molecule has 6 nitrogen and oxygen atoms in total. The summed E-state index contributed by atoms with van der Waals surface area (Å²) in [7, 11) is 4.63. The fraction of sp³-hybridized carbons (Fsp3) is 0.316. The highest BCUT2D eigenvalue weighted by atomic mass is 35.5. The second kappa shape index (κ2) is 9.20. The van der Waals surface area contributed by atoms with Gasteiger partial charge in [-0.1, -0.05) is 11.6 Å². The van der Waals surface area contributed by atoms with Crippen molar-refractivity contribution in [2.75, 3.05) is 21.3 Å². The number of amides is 1. The normalized spacial score (nSPS) is 11.4. The number of hydrogen-bond acceptors (Lipinski definition) is 5. The summed E-state index contributed by atoms with van der Waals surface area (Å²) in [6.45, 7) is 1.98. The number of carbonyl (C=O) groups is 1. The summed E-state index contributed by atoms with van der Waals surface area (Å²) in [6.07, 6.45) is -0.654. The van der Waals surface area contributed by atoms with Crippen LogP contribution in [0.15, 0.2) is 36.4 Å². The lowest BCUT2D eigenvalue weighted by atomic mass is 10.1. The Morgan fingerprint density at radius 1 is 1.04 bits per heavy atom. The molecule has 0 spiro atoms. The Labute approximate surface area is 158 Å². The number of halogens is 1. The molecule has 0 saturated carbocycles. The van der Waals surface area contributed by atoms with Crippen molar-refractivity contribution in [1.82, 2.24) is 5.32 Å². The minimum Gasteiger partial charge on any atom is -0.493 e. The van der Waals surface area contributed by atoms with E-state index in [2.05, 4.69) is 5.32 Å². The maximum absolute atomic E-state index is 12.3. The second-order valence-electron chi connectivity index (χ2n) is 5.47. The quantitative estimate of drug-likeness (QED) is 0.761. The summed E-state index contributed by atoms with van der Waals surface area (Å²) in [5.41, 5.74) is 0.812. The van der Waals surface area contributed by atoms with Crippen molar-refractivity contribution in [3.8, 4) is 23.0 Å². The second-order valence-corrected chi connectivity index (χ2v) is 5.90. The molecule has 0 aromatic heterocycles. The number of carbonyl (C=O) groups excluding carboxylic acids is 1. The number of rotatable bonds is 8. The molecule has 1 amide bonds. The van der Waals surface area contributed by atoms with Gasteiger partial charge in [-0.15, -0.1) is 0 Å². The first-order chi connectivity index (χ1) is 12.5. The molecule has 0 aliphatic heterocycles. The molecule has 0 heterocycles. The Balaban J connectivity index is 2.00. The molecule has 2 aromatic carbocycles. The number of hydrogen-bond donors (Lipinski definition) is 1. The Morgan fingerprint density at radius 2 is 1.62 bits per heavy atom. The van der Waals surface area contributed by atoms with E-state index in [1.165, 1.54) is 7.11 Å². The van der Waals surface area contributed by atoms with E-state index in [-0.39, 0.29) is 5.91 Å². The monoisotopic (exact) mass is 379 g/mol. The van der Waals surface area contributed by atoms with Gasteiger partial charge in [0.1, 0.15) is 5.75 Å². The first-order valence-electron chi connectivity index (χ1n) is 7.97. The van der Waals surface area contributed by atoms with Gasteiger partial charge in [-0.3, -0.25) is 4.79 Å². The van der Waals surface area contributed by atoms with E-state index in [0.717, 1.165) is 5.56 Å². The van der Waals surface area contributed by atoms with Crippen molar-refractivity contribution in [1.29, 1.82) is 0 Å². The number of methoxy groups -OCH3 is 3. The summed E-state index contributed by atoms with van der Waals surface area (Å²) < 4.78 is 21.5. The lowest BCUT2D eigenvalue weighted by molar-refractivity contribution is -0.127. The summed E-state index contributed by atoms with van der Waals surface area (Å²) in [4.78, 5) is 12.3. The van der Waals surface area contributed by atoms with Gasteiger partial charge in [-0.2, -0.15) is 0 Å². The van der Waals surface area contributed by atoms with Gasteiger partial charge in [0.05, 0.1) is 21.3 Å². The lowest BCUT2D eigenvalue weighted by Gasteiger charge is -2.16. The number of benzene rings is 2. The molecule has 0 saturated heterocycles. The van der Waals surface area contributed by atoms with Crippen molar-refractivity contribution < 1.29 is 23.7 Å². The van der Waals surface area contributed by atoms with Gasteiger partial charge < -0.3 is 24.3 Å². The SMILES string of the molecule is COc1cc(CNC(=O)C(C)Oc2ccc(Cl)cc2)cc(OC)c1OC. The van der Waals surface area contributed by atoms with E-state index in [1.807, 2.05) is 0 Å². The molecule has 1 atom stereocenters. The summed E-state index contributed by atoms with van der Waals surface area (Å²) in [5, 5.41) is 3.44. The Hall–Kier alpha value is -2.60. The van der Waals surface area contributed by atoms with Crippen LogP contribution in [0.1, 0.15) is 12.5 Å². The molecule has 0 aliphatic carbocycles. The van der Waals surface area contributed by atoms with Crippen LogP contribution < -0.4 is 24.3 Å². The number of nitrogens with one attached hydrogen (secondary N) is 1. The van der Waals surface area contributed by atoms with Gasteiger partial charge in [0.15, 0.2) is 17.6 Å². The molecule has 0 radical (unpaired) electrons. The van der Waals surface area contributed by atoms with Crippen molar-refractivity contribution in [3.63, 3.8) is 0 Å². The molecule has 0 bridgehead atoms. The van der Waals surface area contributed by atoms with Crippen LogP contribution >= 0.6 is 11.6 Å². The van der Waals surface area contributed by atoms with Crippen molar-refractivity contribution in [2.24, 2.45) is 0 Å². The third kappa shape index (κ3) is 4.95. The maximum atomic E-state index is 12.3. The van der Waals surface area contributed by atoms with Gasteiger partial charge in [0.25, 0.3) is 5.91 Å². The van der Waals surface area contributed by atoms with Crippen LogP contribution in [0.3, 0.4) is 0 Å². The topological polar surface area (TPSA) is 66.0 Å². The molecule has 2 rings (SSSR count). The molecular weight excluding hydrogens is 358 g/mol. The molecule has 26 heavy (non-hydrogen) atoms. The van der Waals surface area contributed by atoms with Gasteiger partial charge in [0, 0.05) is 11.6 Å². The standard InChI is InChI=1S/C19H22ClNO5/c1-12(26-15-7-5-14(20)6-8-15)19(22)21-11-13-9-16(23-2)18(25-4)17(10-13)24-3/h5-10,12H,11H2,1-4H3,(H,21,22). The zero-order valence-corrected chi connectivity index (χ0v) is 15.9. The van der Waals surface area contributed by atoms with Crippen LogP contribution in [-0.4, -0.2) is 33.3 Å². The third-order valence-corrected chi connectivity index (χ3v) is 3.94. The fourth-order valence-electron chi connectivity index (χ4n) is 2.34. The predicted octanol–water partition coefficient (Wildman–Crippen LogP) is 3.45. The molecule has 0 aliphatic rings. The zero-order valence-electron chi connectivity index (χ0n) is 15.2. The molecule has 1 N–H and O–H groups in total. The molecule has 140 valence electrons. The van der Waals surface area contributed by atoms with E-state index < -0.39 is 6.10 Å². The van der Waals surface area contributed by atoms with Crippen LogP contribution in [-0.2, 0) is 11.3 Å². The highest BCUT2D eigenvalue weighted by Gasteiger charge is 2.17. The van der Waals surface area contributed by atoms with E-state index in [1.54, 1.807) is 57.5 Å². The van der Waals surface area contributed by atoms with E-state index in [9.17, 15) is 4.79 Å². The highest BCUT2D eigenvalue weighted by molar-refractivity contribution is 6.30. The van der Waals surface area contributed by atoms with Crippen LogP contribution in [0.4, 0.5) is 0 Å². The van der Waals surface area contributed by atoms with E-state index in [0.29, 0.717) is 34.6 Å². The summed E-state index contributed by atoms with van der Waals surface area (Å²) in [5.74, 6) is 1.89. The summed E-state index contributed by atoms with van der Waals surface area (Å²) >= 11 is 5.84. The average molecular weight is 380 g/mol. The molecular formula is C19H22ClNO5. The van der Waals surface area contributed by atoms with Gasteiger partial charge in [-0.25, -0.2) is 0 Å². The van der Waals surface area contributed by atoms with Crippen LogP contribution in [0.25, 0.3) is 0 Å². The van der Waals surface area contributed by atoms with Crippen molar-refractivity contribution >= 4 is 17.5 Å². The van der Waals surface area contributed by atoms with Crippen LogP contribution in [0.5, 0.6) is 23.0 Å². The zero-order chi connectivity index (χ0) is 19.1. The molecule has 0 fully saturated rings. The lowest BCUT2D eigenvalue weighted by Crippen LogP contribution is -2.35. The van der Waals surface area contributed by atoms with E-state index in [4.69, 9.17) is 30.5 Å². The minimum absolute atomic E-state index is 0.242. The smallest absolute Gasteiger partial charge is 0.261 e. The first-order valence-corrected chi connectivity index (χ1v) is 8.35. The highest BCUT2D eigenvalue weighted by Crippen LogP contribution is 2.38. The van der Waals surface area contributed by atoms with Gasteiger partial charge >= 0.3 is 0 Å². The predicted molar refractivity (Wildman–Crippen MR) is 99.5 cm³/mol. The van der Waals surface area contributed by atoms with Gasteiger partial charge in [0.2, 0.25) is 5.75 Å². The van der Waals surface area contributed by atoms with Crippen molar-refractivity contribution in [2.45, 2.75) is 19.6 Å². The Bertz CT molecular complexity index is 723. The third-order valence-electron chi connectivity index (χ3n) is 3.69. The molecule has 1 unspecified atom stereocenters. The molecule has 2 aromatic rings. The largest absolute Gasteiger partial charge is 0.493 e. The van der Waals surface area contributed by atoms with Crippen LogP contribution in [0.2, 0.25) is 5.02 Å². The Kier molecular flexibility index (Phi) is 6.97. The fourth-order valence-corrected chi connectivity index (χ4v) is 2.47. The Morgan fingerprint density at radius 3 is 2.12 bits per heavy atom. The first kappa shape index (κ1) is 19.7. The van der Waals surface area contributed by atoms with Gasteiger partial charge in [-0.05, 0) is 48.9 Å². The average Bonchev–Trinajstić information content (AvgIpc) is 2.66. The van der Waals surface area contributed by atoms with Crippen LogP contribution in [0, 0.1) is 0 Å². The van der Waals surface area contributed by atoms with Crippen molar-refractivity contribution in [3.05, 3.63) is 47.0 Å². The number of ether oxygens (including phenoxy) is 4.